The summed E-state index contributed by atoms with van der Waals surface area (Å²) >= 11 is 0. The molecular weight excluding hydrogens is 334 g/mol. The number of ether oxygens (including phenoxy) is 2. The molecule has 0 radical (unpaired) electrons. The summed E-state index contributed by atoms with van der Waals surface area (Å²) in [5, 5.41) is 4.30. The number of aromatic nitrogens is 3. The third kappa shape index (κ3) is 3.06. The Kier molecular flexibility index (Phi) is 4.18. The topological polar surface area (TPSA) is 83.3 Å². The Morgan fingerprint density at radius 2 is 1.77 bits per heavy atom. The first-order valence-electron chi connectivity index (χ1n) is 8.18. The Morgan fingerprint density at radius 3 is 2.42 bits per heavy atom. The molecule has 7 nitrogen and oxygen atoms in total. The van der Waals surface area contributed by atoms with Gasteiger partial charge in [0.1, 0.15) is 0 Å². The van der Waals surface area contributed by atoms with E-state index in [2.05, 4.69) is 10.1 Å². The maximum absolute atomic E-state index is 12.4. The highest BCUT2D eigenvalue weighted by molar-refractivity contribution is 5.89. The number of esters is 2. The van der Waals surface area contributed by atoms with Crippen molar-refractivity contribution in [3.05, 3.63) is 66.5 Å². The Hall–Kier alpha value is -3.48. The SMILES string of the molecule is O=C(OC1CCOC1=O)c1nc(-c2ccccc2)n(-c2ccccc2)n1. The molecule has 1 atom stereocenters. The molecule has 1 saturated heterocycles. The molecule has 0 N–H and O–H groups in total. The van der Waals surface area contributed by atoms with Crippen LogP contribution in [-0.2, 0) is 14.3 Å². The zero-order chi connectivity index (χ0) is 17.9. The first kappa shape index (κ1) is 16.0. The largest absolute Gasteiger partial charge is 0.463 e. The van der Waals surface area contributed by atoms with Crippen LogP contribution in [-0.4, -0.2) is 39.4 Å². The number of rotatable bonds is 4. The van der Waals surface area contributed by atoms with E-state index >= 15 is 0 Å². The number of benzene rings is 2. The fourth-order valence-electron chi connectivity index (χ4n) is 2.69. The summed E-state index contributed by atoms with van der Waals surface area (Å²) in [6.07, 6.45) is -0.554. The predicted octanol–water partition coefficient (Wildman–Crippen LogP) is 2.41. The summed E-state index contributed by atoms with van der Waals surface area (Å²) in [6.45, 7) is 0.248. The van der Waals surface area contributed by atoms with Crippen molar-refractivity contribution in [3.63, 3.8) is 0 Å². The van der Waals surface area contributed by atoms with E-state index in [4.69, 9.17) is 9.47 Å². The number of cyclic esters (lactones) is 1. The molecule has 1 unspecified atom stereocenters. The van der Waals surface area contributed by atoms with E-state index in [1.165, 1.54) is 0 Å². The lowest BCUT2D eigenvalue weighted by atomic mass is 10.2. The number of nitrogens with zero attached hydrogens (tertiary/aromatic N) is 3. The minimum atomic E-state index is -0.897. The fraction of sp³-hybridized carbons (Fsp3) is 0.158. The van der Waals surface area contributed by atoms with Crippen LogP contribution >= 0.6 is 0 Å². The molecule has 1 aliphatic rings. The molecular formula is C19H15N3O4. The van der Waals surface area contributed by atoms with E-state index < -0.39 is 18.0 Å². The monoisotopic (exact) mass is 349 g/mol. The molecule has 1 fully saturated rings. The van der Waals surface area contributed by atoms with Gasteiger partial charge in [-0.1, -0.05) is 48.5 Å². The van der Waals surface area contributed by atoms with E-state index in [0.717, 1.165) is 11.3 Å². The van der Waals surface area contributed by atoms with E-state index in [9.17, 15) is 9.59 Å². The van der Waals surface area contributed by atoms with Gasteiger partial charge in [-0.05, 0) is 12.1 Å². The van der Waals surface area contributed by atoms with E-state index in [-0.39, 0.29) is 12.4 Å². The van der Waals surface area contributed by atoms with E-state index in [1.807, 2.05) is 60.7 Å². The zero-order valence-electron chi connectivity index (χ0n) is 13.7. The van der Waals surface area contributed by atoms with Crippen molar-refractivity contribution in [3.8, 4) is 17.1 Å². The van der Waals surface area contributed by atoms with Crippen LogP contribution in [0.15, 0.2) is 60.7 Å². The van der Waals surface area contributed by atoms with Gasteiger partial charge >= 0.3 is 11.9 Å². The number of carbonyl (C=O) groups excluding carboxylic acids is 2. The van der Waals surface area contributed by atoms with E-state index in [0.29, 0.717) is 12.2 Å². The quantitative estimate of drug-likeness (QED) is 0.673. The van der Waals surface area contributed by atoms with Crippen LogP contribution in [0, 0.1) is 0 Å². The van der Waals surface area contributed by atoms with Gasteiger partial charge in [-0.3, -0.25) is 0 Å². The van der Waals surface area contributed by atoms with Crippen LogP contribution in [0.4, 0.5) is 0 Å². The second-order valence-electron chi connectivity index (χ2n) is 5.72. The van der Waals surface area contributed by atoms with Gasteiger partial charge in [0.15, 0.2) is 5.82 Å². The molecule has 0 amide bonds. The van der Waals surface area contributed by atoms with Gasteiger partial charge in [0.2, 0.25) is 6.10 Å². The van der Waals surface area contributed by atoms with Crippen LogP contribution in [0.2, 0.25) is 0 Å². The van der Waals surface area contributed by atoms with Crippen LogP contribution in [0.3, 0.4) is 0 Å². The van der Waals surface area contributed by atoms with Crippen LogP contribution in [0.25, 0.3) is 17.1 Å². The highest BCUT2D eigenvalue weighted by Gasteiger charge is 2.32. The summed E-state index contributed by atoms with van der Waals surface area (Å²) in [6, 6.07) is 18.8. The molecule has 0 aliphatic carbocycles. The van der Waals surface area contributed by atoms with Crippen LogP contribution in [0.5, 0.6) is 0 Å². The Labute approximate surface area is 149 Å². The van der Waals surface area contributed by atoms with Crippen molar-refractivity contribution in [2.24, 2.45) is 0 Å². The molecule has 0 saturated carbocycles. The molecule has 2 heterocycles. The van der Waals surface area contributed by atoms with Gasteiger partial charge in [0, 0.05) is 12.0 Å². The van der Waals surface area contributed by atoms with Crippen molar-refractivity contribution in [2.45, 2.75) is 12.5 Å². The standard InChI is InChI=1S/C19H15N3O4/c23-18-15(11-12-25-18)26-19(24)16-20-17(13-7-3-1-4-8-13)22(21-16)14-9-5-2-6-10-14/h1-10,15H,11-12H2. The Bertz CT molecular complexity index is 881. The van der Waals surface area contributed by atoms with Gasteiger partial charge in [-0.15, -0.1) is 5.10 Å². The Morgan fingerprint density at radius 1 is 1.08 bits per heavy atom. The average molecular weight is 349 g/mol. The lowest BCUT2D eigenvalue weighted by Gasteiger charge is -2.05. The predicted molar refractivity (Wildman–Crippen MR) is 91.6 cm³/mol. The molecule has 3 aromatic rings. The summed E-state index contributed by atoms with van der Waals surface area (Å²) in [5.74, 6) is -0.880. The molecule has 1 aliphatic heterocycles. The first-order chi connectivity index (χ1) is 12.7. The number of para-hydroxylation sites is 1. The zero-order valence-corrected chi connectivity index (χ0v) is 13.7. The molecule has 7 heteroatoms. The molecule has 26 heavy (non-hydrogen) atoms. The minimum Gasteiger partial charge on any atom is -0.463 e. The number of hydrogen-bond donors (Lipinski definition) is 0. The lowest BCUT2D eigenvalue weighted by Crippen LogP contribution is -2.23. The molecule has 4 rings (SSSR count). The highest BCUT2D eigenvalue weighted by Crippen LogP contribution is 2.22. The van der Waals surface area contributed by atoms with Crippen LogP contribution < -0.4 is 0 Å². The summed E-state index contributed by atoms with van der Waals surface area (Å²) in [4.78, 5) is 28.3. The van der Waals surface area contributed by atoms with E-state index in [1.54, 1.807) is 4.68 Å². The maximum Gasteiger partial charge on any atom is 0.379 e. The summed E-state index contributed by atoms with van der Waals surface area (Å²) in [7, 11) is 0. The molecule has 0 spiro atoms. The second-order valence-corrected chi connectivity index (χ2v) is 5.72. The molecule has 2 aromatic carbocycles. The fourth-order valence-corrected chi connectivity index (χ4v) is 2.69. The molecule has 1 aromatic heterocycles. The smallest absolute Gasteiger partial charge is 0.379 e. The van der Waals surface area contributed by atoms with Gasteiger partial charge in [0.25, 0.3) is 5.82 Å². The third-order valence-corrected chi connectivity index (χ3v) is 3.96. The molecule has 0 bridgehead atoms. The minimum absolute atomic E-state index is 0.104. The second kappa shape index (κ2) is 6.79. The van der Waals surface area contributed by atoms with Crippen molar-refractivity contribution in [1.82, 2.24) is 14.8 Å². The van der Waals surface area contributed by atoms with Crippen molar-refractivity contribution < 1.29 is 19.1 Å². The van der Waals surface area contributed by atoms with Crippen molar-refractivity contribution in [2.75, 3.05) is 6.61 Å². The third-order valence-electron chi connectivity index (χ3n) is 3.96. The normalized spacial score (nSPS) is 16.3. The summed E-state index contributed by atoms with van der Waals surface area (Å²) in [5.41, 5.74) is 1.57. The van der Waals surface area contributed by atoms with Crippen LogP contribution in [0.1, 0.15) is 17.0 Å². The van der Waals surface area contributed by atoms with Gasteiger partial charge in [-0.25, -0.2) is 19.3 Å². The maximum atomic E-state index is 12.4. The Balaban J connectivity index is 1.71. The van der Waals surface area contributed by atoms with Gasteiger partial charge < -0.3 is 9.47 Å². The average Bonchev–Trinajstić information content (AvgIpc) is 3.30. The summed E-state index contributed by atoms with van der Waals surface area (Å²) < 4.78 is 11.6. The number of carbonyl (C=O) groups is 2. The lowest BCUT2D eigenvalue weighted by molar-refractivity contribution is -0.145. The van der Waals surface area contributed by atoms with Crippen molar-refractivity contribution in [1.29, 1.82) is 0 Å². The van der Waals surface area contributed by atoms with Gasteiger partial charge in [0.05, 0.1) is 12.3 Å². The molecule has 130 valence electrons. The van der Waals surface area contributed by atoms with Gasteiger partial charge in [-0.2, -0.15) is 0 Å². The first-order valence-corrected chi connectivity index (χ1v) is 8.18. The number of hydrogen-bond acceptors (Lipinski definition) is 6. The van der Waals surface area contributed by atoms with Crippen molar-refractivity contribution >= 4 is 11.9 Å². The highest BCUT2D eigenvalue weighted by atomic mass is 16.6.